The first-order valence-corrected chi connectivity index (χ1v) is 9.06. The van der Waals surface area contributed by atoms with Crippen molar-refractivity contribution in [3.8, 4) is 5.69 Å². The molecule has 1 aromatic heterocycles. The first kappa shape index (κ1) is 18.8. The second-order valence-electron chi connectivity index (χ2n) is 4.93. The van der Waals surface area contributed by atoms with Crippen LogP contribution in [0.15, 0.2) is 53.7 Å². The highest BCUT2D eigenvalue weighted by molar-refractivity contribution is 7.91. The van der Waals surface area contributed by atoms with Crippen molar-refractivity contribution in [3.05, 3.63) is 54.2 Å². The molecule has 25 heavy (non-hydrogen) atoms. The Balaban J connectivity index is 2.53. The summed E-state index contributed by atoms with van der Waals surface area (Å²) in [5.41, 5.74) is 0.194. The lowest BCUT2D eigenvalue weighted by Gasteiger charge is -2.10. The SMILES string of the molecule is CCOC(=O)c1cnn(-c2ccccc2)c1S(=O)(=O)CCC=C(F)F. The summed E-state index contributed by atoms with van der Waals surface area (Å²) in [6.07, 6.45) is -0.723. The van der Waals surface area contributed by atoms with Crippen LogP contribution in [0, 0.1) is 0 Å². The molecule has 0 amide bonds. The number of ether oxygens (including phenoxy) is 1. The zero-order chi connectivity index (χ0) is 18.4. The number of nitrogens with zero attached hydrogens (tertiary/aromatic N) is 2. The molecule has 0 atom stereocenters. The fraction of sp³-hybridized carbons (Fsp3) is 0.250. The van der Waals surface area contributed by atoms with E-state index in [1.165, 1.54) is 0 Å². The van der Waals surface area contributed by atoms with Crippen molar-refractivity contribution in [3.63, 3.8) is 0 Å². The van der Waals surface area contributed by atoms with Gasteiger partial charge in [-0.3, -0.25) is 0 Å². The molecule has 0 fully saturated rings. The van der Waals surface area contributed by atoms with E-state index in [4.69, 9.17) is 4.74 Å². The lowest BCUT2D eigenvalue weighted by atomic mass is 10.3. The van der Waals surface area contributed by atoms with Crippen LogP contribution in [-0.2, 0) is 14.6 Å². The van der Waals surface area contributed by atoms with Crippen molar-refractivity contribution < 1.29 is 26.7 Å². The average Bonchev–Trinajstić information content (AvgIpc) is 3.01. The van der Waals surface area contributed by atoms with Crippen LogP contribution < -0.4 is 0 Å². The number of rotatable bonds is 7. The fourth-order valence-corrected chi connectivity index (χ4v) is 3.67. The minimum absolute atomic E-state index is 0.0602. The normalized spacial score (nSPS) is 11.2. The Morgan fingerprint density at radius 3 is 2.56 bits per heavy atom. The molecule has 0 aliphatic carbocycles. The Kier molecular flexibility index (Phi) is 6.02. The number of halogens is 2. The Labute approximate surface area is 143 Å². The van der Waals surface area contributed by atoms with Crippen LogP contribution in [0.2, 0.25) is 0 Å². The molecule has 0 spiro atoms. The van der Waals surface area contributed by atoms with Crippen molar-refractivity contribution in [2.75, 3.05) is 12.4 Å². The summed E-state index contributed by atoms with van der Waals surface area (Å²) in [5.74, 6) is -1.43. The van der Waals surface area contributed by atoms with Crippen molar-refractivity contribution in [2.45, 2.75) is 18.4 Å². The molecule has 0 radical (unpaired) electrons. The van der Waals surface area contributed by atoms with Gasteiger partial charge in [-0.1, -0.05) is 18.2 Å². The number of carbonyl (C=O) groups excluding carboxylic acids is 1. The minimum atomic E-state index is -4.06. The summed E-state index contributed by atoms with van der Waals surface area (Å²) < 4.78 is 55.6. The van der Waals surface area contributed by atoms with Gasteiger partial charge in [-0.25, -0.2) is 17.9 Å². The van der Waals surface area contributed by atoms with Gasteiger partial charge in [-0.2, -0.15) is 13.9 Å². The Hall–Kier alpha value is -2.55. The number of hydrogen-bond donors (Lipinski definition) is 0. The first-order chi connectivity index (χ1) is 11.9. The molecule has 0 saturated heterocycles. The molecule has 0 aliphatic heterocycles. The Morgan fingerprint density at radius 2 is 1.96 bits per heavy atom. The predicted molar refractivity (Wildman–Crippen MR) is 86.5 cm³/mol. The zero-order valence-electron chi connectivity index (χ0n) is 13.4. The zero-order valence-corrected chi connectivity index (χ0v) is 14.2. The highest BCUT2D eigenvalue weighted by atomic mass is 32.2. The van der Waals surface area contributed by atoms with Crippen molar-refractivity contribution >= 4 is 15.8 Å². The number of benzene rings is 1. The number of aromatic nitrogens is 2. The van der Waals surface area contributed by atoms with Gasteiger partial charge in [0, 0.05) is 0 Å². The largest absolute Gasteiger partial charge is 0.462 e. The lowest BCUT2D eigenvalue weighted by Crippen LogP contribution is -2.17. The van der Waals surface area contributed by atoms with Gasteiger partial charge in [0.15, 0.2) is 14.9 Å². The molecule has 6 nitrogen and oxygen atoms in total. The maximum Gasteiger partial charge on any atom is 0.342 e. The van der Waals surface area contributed by atoms with Crippen molar-refractivity contribution in [1.82, 2.24) is 9.78 Å². The molecule has 0 saturated carbocycles. The topological polar surface area (TPSA) is 78.3 Å². The lowest BCUT2D eigenvalue weighted by molar-refractivity contribution is 0.0521. The number of esters is 1. The summed E-state index contributed by atoms with van der Waals surface area (Å²) in [6, 6.07) is 8.32. The van der Waals surface area contributed by atoms with Gasteiger partial charge in [0.1, 0.15) is 5.56 Å². The number of allylic oxidation sites excluding steroid dienone is 1. The number of para-hydroxylation sites is 1. The smallest absolute Gasteiger partial charge is 0.342 e. The third-order valence-electron chi connectivity index (χ3n) is 3.20. The second kappa shape index (κ2) is 8.02. The van der Waals surface area contributed by atoms with Gasteiger partial charge in [0.2, 0.25) is 0 Å². The highest BCUT2D eigenvalue weighted by Gasteiger charge is 2.29. The molecule has 1 heterocycles. The van der Waals surface area contributed by atoms with Gasteiger partial charge >= 0.3 is 5.97 Å². The van der Waals surface area contributed by atoms with E-state index in [-0.39, 0.29) is 23.6 Å². The van der Waals surface area contributed by atoms with Crippen LogP contribution in [-0.4, -0.2) is 36.5 Å². The molecular formula is C16H16F2N2O4S. The van der Waals surface area contributed by atoms with Crippen LogP contribution in [0.3, 0.4) is 0 Å². The second-order valence-corrected chi connectivity index (χ2v) is 6.96. The fourth-order valence-electron chi connectivity index (χ4n) is 2.16. The third kappa shape index (κ3) is 4.50. The van der Waals surface area contributed by atoms with E-state index >= 15 is 0 Å². The molecule has 0 unspecified atom stereocenters. The number of sulfone groups is 1. The van der Waals surface area contributed by atoms with Crippen LogP contribution in [0.1, 0.15) is 23.7 Å². The van der Waals surface area contributed by atoms with Gasteiger partial charge < -0.3 is 4.74 Å². The van der Waals surface area contributed by atoms with E-state index in [0.29, 0.717) is 11.8 Å². The molecule has 0 bridgehead atoms. The molecule has 2 aromatic rings. The third-order valence-corrected chi connectivity index (χ3v) is 4.96. The number of hydrogen-bond acceptors (Lipinski definition) is 5. The summed E-state index contributed by atoms with van der Waals surface area (Å²) in [4.78, 5) is 12.1. The van der Waals surface area contributed by atoms with Crippen LogP contribution >= 0.6 is 0 Å². The van der Waals surface area contributed by atoms with Gasteiger partial charge in [-0.15, -0.1) is 0 Å². The molecule has 9 heteroatoms. The van der Waals surface area contributed by atoms with Gasteiger partial charge in [0.25, 0.3) is 6.08 Å². The average molecular weight is 370 g/mol. The maximum absolute atomic E-state index is 12.7. The predicted octanol–water partition coefficient (Wildman–Crippen LogP) is 2.99. The van der Waals surface area contributed by atoms with E-state index in [0.717, 1.165) is 10.9 Å². The summed E-state index contributed by atoms with van der Waals surface area (Å²) in [7, 11) is -4.06. The Bertz CT molecular complexity index is 873. The summed E-state index contributed by atoms with van der Waals surface area (Å²) in [5, 5.41) is 3.60. The maximum atomic E-state index is 12.7. The quantitative estimate of drug-likeness (QED) is 0.700. The molecule has 1 aromatic carbocycles. The van der Waals surface area contributed by atoms with E-state index in [1.54, 1.807) is 37.3 Å². The van der Waals surface area contributed by atoms with Gasteiger partial charge in [0.05, 0.1) is 24.2 Å². The first-order valence-electron chi connectivity index (χ1n) is 7.41. The summed E-state index contributed by atoms with van der Waals surface area (Å²) >= 11 is 0. The number of carbonyl (C=O) groups is 1. The van der Waals surface area contributed by atoms with E-state index in [2.05, 4.69) is 5.10 Å². The monoisotopic (exact) mass is 370 g/mol. The van der Waals surface area contributed by atoms with Crippen molar-refractivity contribution in [1.29, 1.82) is 0 Å². The van der Waals surface area contributed by atoms with Gasteiger partial charge in [-0.05, 0) is 31.6 Å². The molecule has 2 rings (SSSR count). The van der Waals surface area contributed by atoms with E-state index < -0.39 is 27.6 Å². The highest BCUT2D eigenvalue weighted by Crippen LogP contribution is 2.23. The van der Waals surface area contributed by atoms with E-state index in [1.807, 2.05) is 0 Å². The molecular weight excluding hydrogens is 354 g/mol. The molecule has 134 valence electrons. The minimum Gasteiger partial charge on any atom is -0.462 e. The standard InChI is InChI=1S/C16H16F2N2O4S/c1-2-24-16(21)13-11-19-20(12-7-4-3-5-8-12)15(13)25(22,23)10-6-9-14(17)18/h3-5,7-9,11H,2,6,10H2,1H3. The summed E-state index contributed by atoms with van der Waals surface area (Å²) in [6.45, 7) is 1.65. The van der Waals surface area contributed by atoms with Crippen LogP contribution in [0.5, 0.6) is 0 Å². The van der Waals surface area contributed by atoms with Crippen LogP contribution in [0.25, 0.3) is 5.69 Å². The Morgan fingerprint density at radius 1 is 1.28 bits per heavy atom. The molecule has 0 aliphatic rings. The van der Waals surface area contributed by atoms with Crippen LogP contribution in [0.4, 0.5) is 8.78 Å². The van der Waals surface area contributed by atoms with Crippen molar-refractivity contribution in [2.24, 2.45) is 0 Å². The van der Waals surface area contributed by atoms with E-state index in [9.17, 15) is 22.0 Å². The molecule has 0 N–H and O–H groups in total.